The van der Waals surface area contributed by atoms with Gasteiger partial charge in [-0.25, -0.2) is 10.6 Å². The van der Waals surface area contributed by atoms with Crippen molar-refractivity contribution < 1.29 is 4.79 Å². The molecule has 4 nitrogen and oxygen atoms in total. The van der Waals surface area contributed by atoms with Gasteiger partial charge in [-0.2, -0.15) is 0 Å². The number of carbonyl (C=O) groups excluding carboxylic acids is 1. The van der Waals surface area contributed by atoms with Crippen molar-refractivity contribution in [2.24, 2.45) is 5.84 Å². The molecule has 0 bridgehead atoms. The molecule has 0 fully saturated rings. The number of aryl methyl sites for hydroxylation is 1. The Hall–Kier alpha value is -1.55. The topological polar surface area (TPSA) is 58.4 Å². The van der Waals surface area contributed by atoms with Crippen LogP contribution in [0.1, 0.15) is 37.5 Å². The molecule has 0 aromatic heterocycles. The number of nitrogens with zero attached hydrogens (tertiary/aromatic N) is 1. The van der Waals surface area contributed by atoms with E-state index in [1.54, 1.807) is 11.9 Å². The van der Waals surface area contributed by atoms with Crippen molar-refractivity contribution in [3.05, 3.63) is 34.9 Å². The average Bonchev–Trinajstić information content (AvgIpc) is 2.29. The summed E-state index contributed by atoms with van der Waals surface area (Å²) < 4.78 is 0. The van der Waals surface area contributed by atoms with Crippen molar-refractivity contribution in [3.63, 3.8) is 0 Å². The van der Waals surface area contributed by atoms with Gasteiger partial charge in [-0.05, 0) is 29.0 Å². The van der Waals surface area contributed by atoms with E-state index in [-0.39, 0.29) is 11.4 Å². The molecule has 1 aromatic carbocycles. The molecule has 0 unspecified atom stereocenters. The summed E-state index contributed by atoms with van der Waals surface area (Å²) in [6, 6.07) is 6.10. The second-order valence-electron chi connectivity index (χ2n) is 5.70. The Kier molecular flexibility index (Phi) is 4.35. The van der Waals surface area contributed by atoms with Gasteiger partial charge in [-0.15, -0.1) is 0 Å². The summed E-state index contributed by atoms with van der Waals surface area (Å²) in [6.45, 7) is 9.19. The summed E-state index contributed by atoms with van der Waals surface area (Å²) in [7, 11) is 1.72. The minimum atomic E-state index is -0.283. The number of hydrogen-bond acceptors (Lipinski definition) is 2. The van der Waals surface area contributed by atoms with Gasteiger partial charge in [0.25, 0.3) is 0 Å². The number of urea groups is 1. The first kappa shape index (κ1) is 14.5. The molecule has 4 heteroatoms. The van der Waals surface area contributed by atoms with Gasteiger partial charge < -0.3 is 4.90 Å². The normalized spacial score (nSPS) is 11.2. The fourth-order valence-corrected chi connectivity index (χ4v) is 1.78. The fourth-order valence-electron chi connectivity index (χ4n) is 1.78. The van der Waals surface area contributed by atoms with Crippen LogP contribution in [0.4, 0.5) is 4.79 Å². The minimum absolute atomic E-state index is 0.143. The van der Waals surface area contributed by atoms with Crippen LogP contribution in [0.3, 0.4) is 0 Å². The smallest absolute Gasteiger partial charge is 0.322 e. The molecule has 100 valence electrons. The molecule has 0 spiro atoms. The van der Waals surface area contributed by atoms with Crippen LogP contribution in [0.25, 0.3) is 0 Å². The monoisotopic (exact) mass is 249 g/mol. The standard InChI is InChI=1S/C14H23N3O/c1-10-8-12(14(2,3)4)7-6-11(10)9-17(5)13(18)16-15/h6-8H,9,15H2,1-5H3,(H,16,18). The summed E-state index contributed by atoms with van der Waals surface area (Å²) >= 11 is 0. The maximum atomic E-state index is 11.3. The van der Waals surface area contributed by atoms with Gasteiger partial charge in [-0.3, -0.25) is 5.43 Å². The van der Waals surface area contributed by atoms with Crippen molar-refractivity contribution in [2.75, 3.05) is 7.05 Å². The molecule has 0 aliphatic carbocycles. The summed E-state index contributed by atoms with van der Waals surface area (Å²) in [5, 5.41) is 0. The molecule has 0 radical (unpaired) electrons. The lowest BCUT2D eigenvalue weighted by Gasteiger charge is -2.22. The predicted octanol–water partition coefficient (Wildman–Crippen LogP) is 2.31. The number of nitrogens with two attached hydrogens (primary N) is 1. The molecule has 3 N–H and O–H groups in total. The molecule has 2 amide bonds. The lowest BCUT2D eigenvalue weighted by Crippen LogP contribution is -2.40. The number of rotatable bonds is 2. The van der Waals surface area contributed by atoms with Crippen LogP contribution >= 0.6 is 0 Å². The van der Waals surface area contributed by atoms with E-state index in [0.29, 0.717) is 6.54 Å². The predicted molar refractivity (Wildman–Crippen MR) is 74.1 cm³/mol. The third kappa shape index (κ3) is 3.47. The Morgan fingerprint density at radius 3 is 2.44 bits per heavy atom. The molecule has 1 aromatic rings. The summed E-state index contributed by atoms with van der Waals surface area (Å²) in [4.78, 5) is 12.9. The number of amides is 2. The Morgan fingerprint density at radius 1 is 1.39 bits per heavy atom. The summed E-state index contributed by atoms with van der Waals surface area (Å²) in [6.07, 6.45) is 0. The van der Waals surface area contributed by atoms with Gasteiger partial charge in [0, 0.05) is 13.6 Å². The maximum absolute atomic E-state index is 11.3. The first-order valence-electron chi connectivity index (χ1n) is 6.07. The lowest BCUT2D eigenvalue weighted by molar-refractivity contribution is 0.207. The SMILES string of the molecule is Cc1cc(C(C)(C)C)ccc1CN(C)C(=O)NN. The van der Waals surface area contributed by atoms with Gasteiger partial charge in [0.05, 0.1) is 0 Å². The Labute approximate surface area is 109 Å². The Bertz CT molecular complexity index is 435. The van der Waals surface area contributed by atoms with Crippen LogP contribution in [-0.4, -0.2) is 18.0 Å². The highest BCUT2D eigenvalue weighted by Crippen LogP contribution is 2.24. The van der Waals surface area contributed by atoms with Crippen molar-refractivity contribution in [3.8, 4) is 0 Å². The van der Waals surface area contributed by atoms with Crippen LogP contribution in [0.5, 0.6) is 0 Å². The third-order valence-corrected chi connectivity index (χ3v) is 3.09. The van der Waals surface area contributed by atoms with Crippen LogP contribution < -0.4 is 11.3 Å². The van der Waals surface area contributed by atoms with Crippen molar-refractivity contribution in [1.82, 2.24) is 10.3 Å². The van der Waals surface area contributed by atoms with Gasteiger partial charge in [0.2, 0.25) is 0 Å². The zero-order chi connectivity index (χ0) is 13.9. The second kappa shape index (κ2) is 5.40. The van der Waals surface area contributed by atoms with Crippen molar-refractivity contribution in [2.45, 2.75) is 39.7 Å². The van der Waals surface area contributed by atoms with Gasteiger partial charge in [0.15, 0.2) is 0 Å². The van der Waals surface area contributed by atoms with Gasteiger partial charge in [-0.1, -0.05) is 39.0 Å². The molecular formula is C14H23N3O. The number of benzene rings is 1. The quantitative estimate of drug-likeness (QED) is 0.480. The number of nitrogens with one attached hydrogen (secondary N) is 1. The van der Waals surface area contributed by atoms with Gasteiger partial charge in [0.1, 0.15) is 0 Å². The van der Waals surface area contributed by atoms with Crippen molar-refractivity contribution >= 4 is 6.03 Å². The molecule has 0 saturated carbocycles. The molecule has 0 aliphatic rings. The summed E-state index contributed by atoms with van der Waals surface area (Å²) in [5.74, 6) is 5.10. The fraction of sp³-hybridized carbons (Fsp3) is 0.500. The van der Waals surface area contributed by atoms with Crippen LogP contribution in [-0.2, 0) is 12.0 Å². The highest BCUT2D eigenvalue weighted by molar-refractivity contribution is 5.73. The number of carbonyl (C=O) groups is 1. The van der Waals surface area contributed by atoms with Crippen LogP contribution in [0.2, 0.25) is 0 Å². The van der Waals surface area contributed by atoms with Crippen LogP contribution in [0, 0.1) is 6.92 Å². The van der Waals surface area contributed by atoms with E-state index in [4.69, 9.17) is 5.84 Å². The zero-order valence-corrected chi connectivity index (χ0v) is 11.9. The highest BCUT2D eigenvalue weighted by Gasteiger charge is 2.15. The molecule has 0 atom stereocenters. The van der Waals surface area contributed by atoms with E-state index in [0.717, 1.165) is 5.56 Å². The van der Waals surface area contributed by atoms with E-state index in [1.165, 1.54) is 11.1 Å². The van der Waals surface area contributed by atoms with E-state index in [9.17, 15) is 4.79 Å². The largest absolute Gasteiger partial charge is 0.331 e. The Balaban J connectivity index is 2.90. The number of hydrazine groups is 1. The first-order valence-corrected chi connectivity index (χ1v) is 6.07. The minimum Gasteiger partial charge on any atom is -0.322 e. The molecule has 0 saturated heterocycles. The van der Waals surface area contributed by atoms with Crippen molar-refractivity contribution in [1.29, 1.82) is 0 Å². The highest BCUT2D eigenvalue weighted by atomic mass is 16.2. The van der Waals surface area contributed by atoms with E-state index in [1.807, 2.05) is 0 Å². The molecule has 0 aliphatic heterocycles. The molecule has 0 heterocycles. The first-order chi connectivity index (χ1) is 8.25. The van der Waals surface area contributed by atoms with E-state index in [2.05, 4.69) is 51.3 Å². The maximum Gasteiger partial charge on any atom is 0.331 e. The summed E-state index contributed by atoms with van der Waals surface area (Å²) in [5.41, 5.74) is 5.90. The Morgan fingerprint density at radius 2 is 2.00 bits per heavy atom. The van der Waals surface area contributed by atoms with E-state index < -0.39 is 0 Å². The van der Waals surface area contributed by atoms with Gasteiger partial charge >= 0.3 is 6.03 Å². The second-order valence-corrected chi connectivity index (χ2v) is 5.70. The van der Waals surface area contributed by atoms with Crippen LogP contribution in [0.15, 0.2) is 18.2 Å². The van der Waals surface area contributed by atoms with E-state index >= 15 is 0 Å². The molecular weight excluding hydrogens is 226 g/mol. The number of hydrogen-bond donors (Lipinski definition) is 2. The zero-order valence-electron chi connectivity index (χ0n) is 11.9. The third-order valence-electron chi connectivity index (χ3n) is 3.09. The molecule has 1 rings (SSSR count). The lowest BCUT2D eigenvalue weighted by atomic mass is 9.85. The molecule has 18 heavy (non-hydrogen) atoms. The average molecular weight is 249 g/mol.